The Morgan fingerprint density at radius 2 is 1.66 bits per heavy atom. The highest BCUT2D eigenvalue weighted by molar-refractivity contribution is 5.27. The summed E-state index contributed by atoms with van der Waals surface area (Å²) in [6.45, 7) is 12.8. The Hall–Kier alpha value is -0.300. The lowest BCUT2D eigenvalue weighted by molar-refractivity contribution is -0.00835. The van der Waals surface area contributed by atoms with Crippen molar-refractivity contribution in [3.63, 3.8) is 0 Å². The minimum Gasteiger partial charge on any atom is -0.396 e. The fraction of sp³-hybridized carbons (Fsp3) is 0.929. The number of rotatable bonds is 6. The third-order valence-corrected chi connectivity index (χ3v) is 11.1. The van der Waals surface area contributed by atoms with E-state index in [-0.39, 0.29) is 0 Å². The standard InChI is InChI=1S/C28H48O/c1-19(21(3)18-29)9-10-20(2)24-13-14-25-23-12-11-22-8-6-7-16-27(22,4)26(23)15-17-28(24,25)5/h12,19-22,24-26,29H,6-11,13-18H2,1-5H3/t19-,20+,21-,22?,24+,25-,26-,27-,28+/m0/s1. The summed E-state index contributed by atoms with van der Waals surface area (Å²) in [7, 11) is 0. The molecule has 29 heavy (non-hydrogen) atoms. The van der Waals surface area contributed by atoms with Crippen molar-refractivity contribution < 1.29 is 5.11 Å². The van der Waals surface area contributed by atoms with Crippen molar-refractivity contribution in [1.29, 1.82) is 0 Å². The molecule has 0 amide bonds. The van der Waals surface area contributed by atoms with E-state index in [9.17, 15) is 5.11 Å². The molecule has 3 fully saturated rings. The topological polar surface area (TPSA) is 20.2 Å². The molecule has 4 aliphatic rings. The predicted molar refractivity (Wildman–Crippen MR) is 124 cm³/mol. The predicted octanol–water partition coefficient (Wildman–Crippen LogP) is 7.64. The van der Waals surface area contributed by atoms with Crippen LogP contribution in [0.5, 0.6) is 0 Å². The van der Waals surface area contributed by atoms with E-state index in [0.717, 1.165) is 29.6 Å². The molecule has 0 aromatic carbocycles. The van der Waals surface area contributed by atoms with Crippen LogP contribution in [-0.4, -0.2) is 11.7 Å². The average molecular weight is 401 g/mol. The summed E-state index contributed by atoms with van der Waals surface area (Å²) in [5.41, 5.74) is 3.09. The quantitative estimate of drug-likeness (QED) is 0.454. The molecule has 4 rings (SSSR count). The third kappa shape index (κ3) is 3.66. The van der Waals surface area contributed by atoms with E-state index in [4.69, 9.17) is 0 Å². The van der Waals surface area contributed by atoms with Crippen molar-refractivity contribution >= 4 is 0 Å². The van der Waals surface area contributed by atoms with Gasteiger partial charge in [-0.3, -0.25) is 0 Å². The fourth-order valence-corrected chi connectivity index (χ4v) is 8.71. The largest absolute Gasteiger partial charge is 0.396 e. The van der Waals surface area contributed by atoms with E-state index in [2.05, 4.69) is 40.7 Å². The molecule has 1 nitrogen and oxygen atoms in total. The van der Waals surface area contributed by atoms with E-state index < -0.39 is 0 Å². The summed E-state index contributed by atoms with van der Waals surface area (Å²) in [6, 6.07) is 0. The molecule has 0 aliphatic heterocycles. The van der Waals surface area contributed by atoms with Crippen LogP contribution in [0.2, 0.25) is 0 Å². The number of aliphatic hydroxyl groups excluding tert-OH is 1. The summed E-state index contributed by atoms with van der Waals surface area (Å²) in [4.78, 5) is 0. The molecule has 0 radical (unpaired) electrons. The summed E-state index contributed by atoms with van der Waals surface area (Å²) >= 11 is 0. The van der Waals surface area contributed by atoms with Crippen LogP contribution in [0, 0.1) is 52.3 Å². The van der Waals surface area contributed by atoms with Crippen LogP contribution in [0.3, 0.4) is 0 Å². The highest BCUT2D eigenvalue weighted by Gasteiger charge is 2.57. The molecule has 0 aromatic heterocycles. The van der Waals surface area contributed by atoms with E-state index in [1.54, 1.807) is 0 Å². The van der Waals surface area contributed by atoms with Gasteiger partial charge in [-0.1, -0.05) is 72.0 Å². The van der Waals surface area contributed by atoms with Crippen molar-refractivity contribution in [3.8, 4) is 0 Å². The van der Waals surface area contributed by atoms with Crippen LogP contribution in [0.15, 0.2) is 11.6 Å². The monoisotopic (exact) mass is 400 g/mol. The zero-order chi connectivity index (χ0) is 20.8. The molecule has 166 valence electrons. The first-order valence-corrected chi connectivity index (χ1v) is 13.1. The molecule has 0 saturated heterocycles. The first-order chi connectivity index (χ1) is 13.8. The van der Waals surface area contributed by atoms with Gasteiger partial charge in [0.15, 0.2) is 0 Å². The second-order valence-corrected chi connectivity index (χ2v) is 12.4. The maximum Gasteiger partial charge on any atom is 0.0459 e. The van der Waals surface area contributed by atoms with Gasteiger partial charge in [-0.05, 0) is 97.2 Å². The SMILES string of the molecule is C[C@H](CC[C@H](C)[C@@H](C)CO)[C@H]1CC[C@H]2C3=CCC4CCCC[C@]4(C)[C@H]3CC[C@]12C. The van der Waals surface area contributed by atoms with E-state index in [1.807, 2.05) is 5.57 Å². The van der Waals surface area contributed by atoms with Gasteiger partial charge in [-0.2, -0.15) is 0 Å². The second-order valence-electron chi connectivity index (χ2n) is 12.4. The van der Waals surface area contributed by atoms with Crippen molar-refractivity contribution in [1.82, 2.24) is 0 Å². The Morgan fingerprint density at radius 3 is 2.41 bits per heavy atom. The number of allylic oxidation sites excluding steroid dienone is 2. The van der Waals surface area contributed by atoms with Gasteiger partial charge < -0.3 is 5.11 Å². The van der Waals surface area contributed by atoms with Gasteiger partial charge in [0.1, 0.15) is 0 Å². The summed E-state index contributed by atoms with van der Waals surface area (Å²) < 4.78 is 0. The zero-order valence-electron chi connectivity index (χ0n) is 20.1. The van der Waals surface area contributed by atoms with Crippen LogP contribution in [0.1, 0.15) is 105 Å². The zero-order valence-corrected chi connectivity index (χ0v) is 20.1. The van der Waals surface area contributed by atoms with Gasteiger partial charge in [0.05, 0.1) is 0 Å². The Labute approximate surface area is 181 Å². The molecule has 0 spiro atoms. The molecule has 4 aliphatic carbocycles. The van der Waals surface area contributed by atoms with Crippen LogP contribution < -0.4 is 0 Å². The number of aliphatic hydroxyl groups is 1. The van der Waals surface area contributed by atoms with Gasteiger partial charge >= 0.3 is 0 Å². The van der Waals surface area contributed by atoms with E-state index in [0.29, 0.717) is 29.3 Å². The Bertz CT molecular complexity index is 607. The van der Waals surface area contributed by atoms with Gasteiger partial charge in [0.2, 0.25) is 0 Å². The van der Waals surface area contributed by atoms with E-state index >= 15 is 0 Å². The molecule has 1 unspecified atom stereocenters. The third-order valence-electron chi connectivity index (χ3n) is 11.1. The van der Waals surface area contributed by atoms with Crippen LogP contribution in [0.4, 0.5) is 0 Å². The lowest BCUT2D eigenvalue weighted by Crippen LogP contribution is -2.48. The van der Waals surface area contributed by atoms with Crippen LogP contribution in [0.25, 0.3) is 0 Å². The molecular formula is C28H48O. The van der Waals surface area contributed by atoms with Gasteiger partial charge in [-0.25, -0.2) is 0 Å². The first-order valence-electron chi connectivity index (χ1n) is 13.1. The molecular weight excluding hydrogens is 352 g/mol. The maximum absolute atomic E-state index is 9.48. The molecule has 1 N–H and O–H groups in total. The average Bonchev–Trinajstić information content (AvgIpc) is 3.08. The van der Waals surface area contributed by atoms with Gasteiger partial charge in [-0.15, -0.1) is 0 Å². The molecule has 1 heteroatoms. The summed E-state index contributed by atoms with van der Waals surface area (Å²) in [6.07, 6.45) is 18.6. The summed E-state index contributed by atoms with van der Waals surface area (Å²) in [5, 5.41) is 9.48. The van der Waals surface area contributed by atoms with Crippen LogP contribution >= 0.6 is 0 Å². The lowest BCUT2D eigenvalue weighted by atomic mass is 9.48. The first kappa shape index (κ1) is 21.9. The molecule has 0 aromatic rings. The van der Waals surface area contributed by atoms with Gasteiger partial charge in [0, 0.05) is 6.61 Å². The Balaban J connectivity index is 1.47. The molecule has 9 atom stereocenters. The fourth-order valence-electron chi connectivity index (χ4n) is 8.71. The number of fused-ring (bicyclic) bond motifs is 5. The minimum atomic E-state index is 0.341. The number of hydrogen-bond donors (Lipinski definition) is 1. The van der Waals surface area contributed by atoms with E-state index in [1.165, 1.54) is 70.6 Å². The van der Waals surface area contributed by atoms with Crippen molar-refractivity contribution in [3.05, 3.63) is 11.6 Å². The molecule has 0 bridgehead atoms. The smallest absolute Gasteiger partial charge is 0.0459 e. The summed E-state index contributed by atoms with van der Waals surface area (Å²) in [5.74, 6) is 5.58. The lowest BCUT2D eigenvalue weighted by Gasteiger charge is -2.57. The van der Waals surface area contributed by atoms with Gasteiger partial charge in [0.25, 0.3) is 0 Å². The van der Waals surface area contributed by atoms with Crippen LogP contribution in [-0.2, 0) is 0 Å². The maximum atomic E-state index is 9.48. The Morgan fingerprint density at radius 1 is 0.897 bits per heavy atom. The Kier molecular flexibility index (Phi) is 6.29. The van der Waals surface area contributed by atoms with Crippen molar-refractivity contribution in [2.75, 3.05) is 6.61 Å². The van der Waals surface area contributed by atoms with Crippen molar-refractivity contribution in [2.24, 2.45) is 52.3 Å². The molecule has 0 heterocycles. The minimum absolute atomic E-state index is 0.341. The highest BCUT2D eigenvalue weighted by atomic mass is 16.3. The second kappa shape index (κ2) is 8.33. The normalized spacial score (nSPS) is 44.8. The molecule has 3 saturated carbocycles. The van der Waals surface area contributed by atoms with Crippen molar-refractivity contribution in [2.45, 2.75) is 105 Å². The highest BCUT2D eigenvalue weighted by Crippen LogP contribution is 2.66. The number of hydrogen-bond acceptors (Lipinski definition) is 1.